The van der Waals surface area contributed by atoms with Gasteiger partial charge >= 0.3 is 0 Å². The normalized spacial score (nSPS) is 11.4. The molecule has 1 aromatic rings. The van der Waals surface area contributed by atoms with E-state index in [9.17, 15) is 5.11 Å². The second-order valence-electron chi connectivity index (χ2n) is 7.82. The summed E-state index contributed by atoms with van der Waals surface area (Å²) in [6.45, 7) is 6.68. The number of hydrogen-bond donors (Lipinski definition) is 1. The molecule has 0 amide bonds. The predicted molar refractivity (Wildman–Crippen MR) is 132 cm³/mol. The fraction of sp³-hybridized carbons (Fsp3) is 0.760. The summed E-state index contributed by atoms with van der Waals surface area (Å²) in [6, 6.07) is 6.33. The van der Waals surface area contributed by atoms with Crippen LogP contribution < -0.4 is 0 Å². The largest absolute Gasteiger partial charge is 0.507 e. The molecule has 0 aliphatic heterocycles. The number of para-hydroxylation sites is 1. The maximum atomic E-state index is 10.7. The van der Waals surface area contributed by atoms with Crippen molar-refractivity contribution in [2.75, 3.05) is 11.5 Å². The maximum Gasteiger partial charge on any atom is 0.123 e. The highest BCUT2D eigenvalue weighted by atomic mass is 32.2. The number of aryl methyl sites for hydroxylation is 1. The zero-order valence-electron chi connectivity index (χ0n) is 18.7. The van der Waals surface area contributed by atoms with Crippen LogP contribution in [-0.4, -0.2) is 16.6 Å². The Balaban J connectivity index is 2.48. The van der Waals surface area contributed by atoms with Gasteiger partial charge in [0.25, 0.3) is 0 Å². The van der Waals surface area contributed by atoms with Crippen molar-refractivity contribution in [1.29, 1.82) is 0 Å². The summed E-state index contributed by atoms with van der Waals surface area (Å²) in [5, 5.41) is 10.7. The Morgan fingerprint density at radius 3 is 1.71 bits per heavy atom. The van der Waals surface area contributed by atoms with Crippen molar-refractivity contribution >= 4 is 23.5 Å². The van der Waals surface area contributed by atoms with Crippen LogP contribution in [0.3, 0.4) is 0 Å². The van der Waals surface area contributed by atoms with Gasteiger partial charge in [-0.15, -0.1) is 23.5 Å². The van der Waals surface area contributed by atoms with E-state index in [-0.39, 0.29) is 0 Å². The van der Waals surface area contributed by atoms with Crippen LogP contribution in [0.25, 0.3) is 0 Å². The number of unbranched alkanes of at least 4 members (excludes halogenated alkanes) is 10. The molecule has 28 heavy (non-hydrogen) atoms. The lowest BCUT2D eigenvalue weighted by atomic mass is 10.1. The number of phenolic OH excluding ortho intramolecular Hbond substituents is 1. The van der Waals surface area contributed by atoms with Crippen molar-refractivity contribution in [1.82, 2.24) is 0 Å². The Bertz CT molecular complexity index is 471. The van der Waals surface area contributed by atoms with Crippen LogP contribution in [-0.2, 0) is 6.42 Å². The van der Waals surface area contributed by atoms with Gasteiger partial charge in [0.1, 0.15) is 5.75 Å². The summed E-state index contributed by atoms with van der Waals surface area (Å²) in [5.74, 6) is 2.95. The third-order valence-electron chi connectivity index (χ3n) is 5.32. The quantitative estimate of drug-likeness (QED) is 0.187. The average Bonchev–Trinajstić information content (AvgIpc) is 2.71. The number of benzene rings is 1. The molecule has 0 aliphatic carbocycles. The molecule has 0 aliphatic rings. The summed E-state index contributed by atoms with van der Waals surface area (Å²) in [5.41, 5.74) is 2.23. The smallest absolute Gasteiger partial charge is 0.123 e. The molecule has 1 rings (SSSR count). The van der Waals surface area contributed by atoms with Crippen LogP contribution in [0.15, 0.2) is 18.2 Å². The lowest BCUT2D eigenvalue weighted by Crippen LogP contribution is -1.97. The van der Waals surface area contributed by atoms with E-state index in [0.717, 1.165) is 17.5 Å². The lowest BCUT2D eigenvalue weighted by Gasteiger charge is -2.19. The highest BCUT2D eigenvalue weighted by Crippen LogP contribution is 2.45. The standard InChI is InChI=1S/C25H44OS2/c1-4-7-9-11-13-15-20-27-25(28-21-16-14-12-10-8-5-2)23-19-17-18-22(6-3)24(23)26/h17-19,25-26H,4-16,20-21H2,1-3H3. The van der Waals surface area contributed by atoms with E-state index >= 15 is 0 Å². The molecule has 0 aromatic heterocycles. The first-order chi connectivity index (χ1) is 13.7. The topological polar surface area (TPSA) is 20.2 Å². The fourth-order valence-corrected chi connectivity index (χ4v) is 6.33. The molecule has 0 saturated heterocycles. The Kier molecular flexibility index (Phi) is 16.2. The zero-order chi connectivity index (χ0) is 20.5. The molecular weight excluding hydrogens is 380 g/mol. The Hall–Kier alpha value is -0.280. The van der Waals surface area contributed by atoms with Crippen LogP contribution >= 0.6 is 23.5 Å². The van der Waals surface area contributed by atoms with Gasteiger partial charge in [-0.1, -0.05) is 103 Å². The fourth-order valence-electron chi connectivity index (χ4n) is 3.46. The maximum absolute atomic E-state index is 10.7. The van der Waals surface area contributed by atoms with Crippen LogP contribution in [0.1, 0.15) is 114 Å². The van der Waals surface area contributed by atoms with Crippen molar-refractivity contribution in [3.63, 3.8) is 0 Å². The van der Waals surface area contributed by atoms with Gasteiger partial charge in [0.05, 0.1) is 4.58 Å². The summed E-state index contributed by atoms with van der Waals surface area (Å²) < 4.78 is 0.373. The van der Waals surface area contributed by atoms with Gasteiger partial charge in [0.15, 0.2) is 0 Å². The number of phenols is 1. The van der Waals surface area contributed by atoms with Gasteiger partial charge in [0.2, 0.25) is 0 Å². The van der Waals surface area contributed by atoms with Crippen LogP contribution in [0.4, 0.5) is 0 Å². The minimum absolute atomic E-state index is 0.373. The third-order valence-corrected chi connectivity index (χ3v) is 8.30. The van der Waals surface area contributed by atoms with Gasteiger partial charge in [-0.25, -0.2) is 0 Å². The zero-order valence-corrected chi connectivity index (χ0v) is 20.3. The van der Waals surface area contributed by atoms with Crippen LogP contribution in [0, 0.1) is 0 Å². The van der Waals surface area contributed by atoms with E-state index in [4.69, 9.17) is 0 Å². The van der Waals surface area contributed by atoms with Crippen LogP contribution in [0.2, 0.25) is 0 Å². The van der Waals surface area contributed by atoms with Crippen molar-refractivity contribution in [2.45, 2.75) is 109 Å². The summed E-state index contributed by atoms with van der Waals surface area (Å²) >= 11 is 4.09. The molecule has 0 spiro atoms. The first-order valence-electron chi connectivity index (χ1n) is 11.8. The minimum atomic E-state index is 0.373. The number of aromatic hydroxyl groups is 1. The van der Waals surface area contributed by atoms with E-state index in [2.05, 4.69) is 39.0 Å². The average molecular weight is 425 g/mol. The Morgan fingerprint density at radius 1 is 0.714 bits per heavy atom. The summed E-state index contributed by atoms with van der Waals surface area (Å²) in [4.78, 5) is 0. The monoisotopic (exact) mass is 424 g/mol. The predicted octanol–water partition coefficient (Wildman–Crippen LogP) is 9.14. The number of rotatable bonds is 18. The molecule has 0 heterocycles. The molecule has 162 valence electrons. The molecule has 0 bridgehead atoms. The third kappa shape index (κ3) is 11.0. The van der Waals surface area contributed by atoms with E-state index in [1.165, 1.54) is 88.6 Å². The highest BCUT2D eigenvalue weighted by molar-refractivity contribution is 8.16. The Labute approximate surface area is 183 Å². The molecule has 0 saturated carbocycles. The number of thioether (sulfide) groups is 2. The van der Waals surface area contributed by atoms with Gasteiger partial charge in [-0.2, -0.15) is 0 Å². The molecule has 1 N–H and O–H groups in total. The summed E-state index contributed by atoms with van der Waals surface area (Å²) in [6.07, 6.45) is 17.1. The highest BCUT2D eigenvalue weighted by Gasteiger charge is 2.18. The molecule has 0 radical (unpaired) electrons. The van der Waals surface area contributed by atoms with Crippen molar-refractivity contribution in [3.8, 4) is 5.75 Å². The first-order valence-corrected chi connectivity index (χ1v) is 13.9. The van der Waals surface area contributed by atoms with Crippen molar-refractivity contribution < 1.29 is 5.11 Å². The van der Waals surface area contributed by atoms with E-state index < -0.39 is 0 Å². The molecular formula is C25H44OS2. The molecule has 1 aromatic carbocycles. The lowest BCUT2D eigenvalue weighted by molar-refractivity contribution is 0.464. The minimum Gasteiger partial charge on any atom is -0.507 e. The second-order valence-corrected chi connectivity index (χ2v) is 10.5. The molecule has 0 unspecified atom stereocenters. The van der Waals surface area contributed by atoms with E-state index in [0.29, 0.717) is 10.3 Å². The van der Waals surface area contributed by atoms with E-state index in [1.807, 2.05) is 23.5 Å². The molecule has 3 heteroatoms. The van der Waals surface area contributed by atoms with Crippen molar-refractivity contribution in [2.24, 2.45) is 0 Å². The first kappa shape index (κ1) is 25.8. The summed E-state index contributed by atoms with van der Waals surface area (Å²) in [7, 11) is 0. The molecule has 0 atom stereocenters. The molecule has 1 nitrogen and oxygen atoms in total. The number of hydrogen-bond acceptors (Lipinski definition) is 3. The van der Waals surface area contributed by atoms with Crippen molar-refractivity contribution in [3.05, 3.63) is 29.3 Å². The van der Waals surface area contributed by atoms with Gasteiger partial charge < -0.3 is 5.11 Å². The Morgan fingerprint density at radius 2 is 1.21 bits per heavy atom. The van der Waals surface area contributed by atoms with Gasteiger partial charge in [0, 0.05) is 5.56 Å². The van der Waals surface area contributed by atoms with Crippen LogP contribution in [0.5, 0.6) is 5.75 Å². The molecule has 0 fully saturated rings. The van der Waals surface area contributed by atoms with Gasteiger partial charge in [-0.05, 0) is 36.3 Å². The SMILES string of the molecule is CCCCCCCCSC(SCCCCCCCC)c1cccc(CC)c1O. The van der Waals surface area contributed by atoms with Gasteiger partial charge in [-0.3, -0.25) is 0 Å². The van der Waals surface area contributed by atoms with E-state index in [1.54, 1.807) is 0 Å². The second kappa shape index (κ2) is 17.6.